The van der Waals surface area contributed by atoms with Gasteiger partial charge in [0.15, 0.2) is 0 Å². The van der Waals surface area contributed by atoms with Crippen LogP contribution in [0, 0.1) is 0 Å². The number of phenols is 1. The Bertz CT molecular complexity index is 920. The number of amides is 3. The number of nitrogens with zero attached hydrogens (tertiary/aromatic N) is 2. The molecule has 0 spiro atoms. The summed E-state index contributed by atoms with van der Waals surface area (Å²) in [5.41, 5.74) is 6.87. The number of aliphatic hydroxyl groups is 1. The molecule has 2 heterocycles. The van der Waals surface area contributed by atoms with Gasteiger partial charge in [-0.15, -0.1) is 0 Å². The molecule has 5 atom stereocenters. The molecule has 0 aliphatic carbocycles. The van der Waals surface area contributed by atoms with Gasteiger partial charge in [-0.3, -0.25) is 14.4 Å². The summed E-state index contributed by atoms with van der Waals surface area (Å²) in [6.45, 7) is 1.91. The molecule has 3 rings (SSSR count). The summed E-state index contributed by atoms with van der Waals surface area (Å²) in [5.74, 6) is -2.68. The number of likely N-dealkylation sites (tertiary alicyclic amines) is 2. The zero-order chi connectivity index (χ0) is 25.0. The van der Waals surface area contributed by atoms with Gasteiger partial charge in [-0.25, -0.2) is 4.79 Å². The zero-order valence-electron chi connectivity index (χ0n) is 19.1. The second-order valence-electron chi connectivity index (χ2n) is 8.92. The van der Waals surface area contributed by atoms with Crippen molar-refractivity contribution in [3.63, 3.8) is 0 Å². The molecule has 0 aromatic heterocycles. The number of hydrogen-bond donors (Lipinski definition) is 5. The molecule has 3 amide bonds. The monoisotopic (exact) mass is 476 g/mol. The number of carboxylic acid groups (broad SMARTS) is 1. The van der Waals surface area contributed by atoms with Crippen molar-refractivity contribution >= 4 is 23.7 Å². The lowest BCUT2D eigenvalue weighted by Gasteiger charge is -2.31. The molecule has 2 aliphatic rings. The van der Waals surface area contributed by atoms with Crippen molar-refractivity contribution in [3.8, 4) is 5.75 Å². The summed E-state index contributed by atoms with van der Waals surface area (Å²) >= 11 is 0. The Kier molecular flexibility index (Phi) is 8.11. The van der Waals surface area contributed by atoms with E-state index in [0.717, 1.165) is 5.56 Å². The highest BCUT2D eigenvalue weighted by Crippen LogP contribution is 2.22. The van der Waals surface area contributed by atoms with Crippen LogP contribution in [0.4, 0.5) is 0 Å². The first-order chi connectivity index (χ1) is 16.1. The highest BCUT2D eigenvalue weighted by molar-refractivity contribution is 5.95. The minimum absolute atomic E-state index is 0.103. The van der Waals surface area contributed by atoms with Gasteiger partial charge in [0.2, 0.25) is 17.7 Å². The molecule has 1 aromatic rings. The van der Waals surface area contributed by atoms with E-state index >= 15 is 0 Å². The van der Waals surface area contributed by atoms with E-state index in [1.165, 1.54) is 28.9 Å². The molecule has 2 saturated heterocycles. The van der Waals surface area contributed by atoms with Gasteiger partial charge < -0.3 is 36.2 Å². The molecule has 6 N–H and O–H groups in total. The Morgan fingerprint density at radius 3 is 2.15 bits per heavy atom. The Labute approximate surface area is 197 Å². The summed E-state index contributed by atoms with van der Waals surface area (Å²) < 4.78 is 0. The molecule has 0 radical (unpaired) electrons. The average molecular weight is 477 g/mol. The fraction of sp³-hybridized carbons (Fsp3) is 0.565. The largest absolute Gasteiger partial charge is 0.508 e. The highest BCUT2D eigenvalue weighted by atomic mass is 16.4. The second-order valence-corrected chi connectivity index (χ2v) is 8.92. The van der Waals surface area contributed by atoms with Gasteiger partial charge in [0.05, 0.1) is 12.1 Å². The summed E-state index contributed by atoms with van der Waals surface area (Å²) in [7, 11) is 0. The Morgan fingerprint density at radius 1 is 1.03 bits per heavy atom. The minimum atomic E-state index is -1.32. The molecule has 11 heteroatoms. The number of benzene rings is 1. The van der Waals surface area contributed by atoms with Crippen LogP contribution in [-0.2, 0) is 25.6 Å². The van der Waals surface area contributed by atoms with E-state index in [1.54, 1.807) is 12.1 Å². The van der Waals surface area contributed by atoms with E-state index in [9.17, 15) is 34.5 Å². The number of carbonyl (C=O) groups excluding carboxylic acids is 3. The molecule has 11 nitrogen and oxygen atoms in total. The molecule has 0 bridgehead atoms. The van der Waals surface area contributed by atoms with E-state index in [0.29, 0.717) is 32.2 Å². The molecule has 2 fully saturated rings. The van der Waals surface area contributed by atoms with Gasteiger partial charge in [-0.05, 0) is 56.7 Å². The fourth-order valence-electron chi connectivity index (χ4n) is 4.59. The lowest BCUT2D eigenvalue weighted by Crippen LogP contribution is -2.59. The van der Waals surface area contributed by atoms with E-state index in [2.05, 4.69) is 5.32 Å². The summed E-state index contributed by atoms with van der Waals surface area (Å²) in [6, 6.07) is 2.27. The van der Waals surface area contributed by atoms with Crippen LogP contribution in [-0.4, -0.2) is 92.2 Å². The van der Waals surface area contributed by atoms with Gasteiger partial charge in [0.1, 0.15) is 23.9 Å². The molecule has 34 heavy (non-hydrogen) atoms. The van der Waals surface area contributed by atoms with Crippen LogP contribution in [0.1, 0.15) is 38.2 Å². The van der Waals surface area contributed by atoms with Crippen molar-refractivity contribution in [3.05, 3.63) is 29.8 Å². The van der Waals surface area contributed by atoms with Gasteiger partial charge >= 0.3 is 5.97 Å². The van der Waals surface area contributed by atoms with Crippen molar-refractivity contribution in [2.24, 2.45) is 5.73 Å². The number of aromatic hydroxyl groups is 1. The van der Waals surface area contributed by atoms with Gasteiger partial charge in [0.25, 0.3) is 0 Å². The van der Waals surface area contributed by atoms with E-state index < -0.39 is 54.0 Å². The summed E-state index contributed by atoms with van der Waals surface area (Å²) in [5, 5.41) is 31.5. The Hall–Kier alpha value is -3.18. The predicted octanol–water partition coefficient (Wildman–Crippen LogP) is -0.806. The van der Waals surface area contributed by atoms with Crippen LogP contribution in [0.5, 0.6) is 5.75 Å². The Balaban J connectivity index is 1.66. The standard InChI is InChI=1S/C23H32N4O7/c1-13(28)19(22(32)27-11-3-5-18(27)23(33)34)25-20(30)17-4-2-10-26(17)21(31)16(24)12-14-6-8-15(29)9-7-14/h6-9,13,16-19,28-29H,2-5,10-12,24H2,1H3,(H,25,30)(H,33,34). The smallest absolute Gasteiger partial charge is 0.326 e. The molecule has 2 aliphatic heterocycles. The summed E-state index contributed by atoms with van der Waals surface area (Å²) in [4.78, 5) is 53.0. The van der Waals surface area contributed by atoms with Crippen LogP contribution in [0.3, 0.4) is 0 Å². The van der Waals surface area contributed by atoms with Crippen LogP contribution in [0.2, 0.25) is 0 Å². The average Bonchev–Trinajstić information content (AvgIpc) is 3.47. The quantitative estimate of drug-likeness (QED) is 0.324. The molecule has 186 valence electrons. The lowest BCUT2D eigenvalue weighted by molar-refractivity contribution is -0.151. The highest BCUT2D eigenvalue weighted by Gasteiger charge is 2.42. The maximum Gasteiger partial charge on any atom is 0.326 e. The van der Waals surface area contributed by atoms with Crippen LogP contribution < -0.4 is 11.1 Å². The number of nitrogens with two attached hydrogens (primary N) is 1. The van der Waals surface area contributed by atoms with Gasteiger partial charge in [0, 0.05) is 13.1 Å². The number of rotatable bonds is 8. The number of hydrogen-bond acceptors (Lipinski definition) is 7. The van der Waals surface area contributed by atoms with Crippen molar-refractivity contribution in [1.29, 1.82) is 0 Å². The third-order valence-electron chi connectivity index (χ3n) is 6.41. The van der Waals surface area contributed by atoms with Gasteiger partial charge in [-0.2, -0.15) is 0 Å². The van der Waals surface area contributed by atoms with Crippen LogP contribution >= 0.6 is 0 Å². The van der Waals surface area contributed by atoms with E-state index in [-0.39, 0.29) is 18.7 Å². The predicted molar refractivity (Wildman–Crippen MR) is 121 cm³/mol. The number of aliphatic hydroxyl groups excluding tert-OH is 1. The third-order valence-corrected chi connectivity index (χ3v) is 6.41. The van der Waals surface area contributed by atoms with E-state index in [4.69, 9.17) is 5.73 Å². The molecule has 0 saturated carbocycles. The SMILES string of the molecule is CC(O)C(NC(=O)C1CCCN1C(=O)C(N)Cc1ccc(O)cc1)C(=O)N1CCCC1C(=O)O. The molecular weight excluding hydrogens is 444 g/mol. The second kappa shape index (κ2) is 10.8. The Morgan fingerprint density at radius 2 is 1.59 bits per heavy atom. The topological polar surface area (TPSA) is 174 Å². The summed E-state index contributed by atoms with van der Waals surface area (Å²) in [6.07, 6.45) is 0.763. The van der Waals surface area contributed by atoms with Crippen molar-refractivity contribution in [1.82, 2.24) is 15.1 Å². The normalized spacial score (nSPS) is 22.8. The minimum Gasteiger partial charge on any atom is -0.508 e. The van der Waals surface area contributed by atoms with Crippen LogP contribution in [0.25, 0.3) is 0 Å². The molecule has 1 aromatic carbocycles. The fourth-order valence-corrected chi connectivity index (χ4v) is 4.59. The van der Waals surface area contributed by atoms with Crippen molar-refractivity contribution in [2.75, 3.05) is 13.1 Å². The maximum atomic E-state index is 13.1. The first-order valence-corrected chi connectivity index (χ1v) is 11.5. The number of aliphatic carboxylic acids is 1. The van der Waals surface area contributed by atoms with Crippen LogP contribution in [0.15, 0.2) is 24.3 Å². The van der Waals surface area contributed by atoms with Gasteiger partial charge in [-0.1, -0.05) is 12.1 Å². The van der Waals surface area contributed by atoms with E-state index in [1.807, 2.05) is 0 Å². The number of carboxylic acids is 1. The molecular formula is C23H32N4O7. The third kappa shape index (κ3) is 5.65. The maximum absolute atomic E-state index is 13.1. The van der Waals surface area contributed by atoms with Crippen molar-refractivity contribution in [2.45, 2.75) is 69.3 Å². The number of phenolic OH excluding ortho intramolecular Hbond substituents is 1. The number of carbonyl (C=O) groups is 4. The zero-order valence-corrected chi connectivity index (χ0v) is 19.1. The van der Waals surface area contributed by atoms with Crippen molar-refractivity contribution < 1.29 is 34.5 Å². The molecule has 5 unspecified atom stereocenters. The first-order valence-electron chi connectivity index (χ1n) is 11.5. The lowest BCUT2D eigenvalue weighted by atomic mass is 10.0. The number of nitrogens with one attached hydrogen (secondary N) is 1. The first kappa shape index (κ1) is 25.4.